The van der Waals surface area contributed by atoms with E-state index in [0.717, 1.165) is 6.07 Å². The number of hydrogen-bond acceptors (Lipinski definition) is 5. The van der Waals surface area contributed by atoms with Crippen molar-refractivity contribution in [2.24, 2.45) is 0 Å². The molecule has 26 heavy (non-hydrogen) atoms. The summed E-state index contributed by atoms with van der Waals surface area (Å²) in [6, 6.07) is -0.0992. The second-order valence-electron chi connectivity index (χ2n) is 5.40. The van der Waals surface area contributed by atoms with Crippen LogP contribution in [0.25, 0.3) is 0 Å². The molecule has 1 aliphatic heterocycles. The fraction of sp³-hybridized carbons (Fsp3) is 0.333. The predicted octanol–water partition coefficient (Wildman–Crippen LogP) is 0.962. The van der Waals surface area contributed by atoms with Crippen LogP contribution in [-0.4, -0.2) is 36.0 Å². The summed E-state index contributed by atoms with van der Waals surface area (Å²) in [5, 5.41) is 6.26. The summed E-state index contributed by atoms with van der Waals surface area (Å²) >= 11 is 0. The van der Waals surface area contributed by atoms with E-state index in [4.69, 9.17) is 4.74 Å². The molecule has 0 saturated carbocycles. The number of hydrogen-bond donors (Lipinski definition) is 3. The van der Waals surface area contributed by atoms with Crippen LogP contribution in [0.3, 0.4) is 0 Å². The zero-order valence-corrected chi connectivity index (χ0v) is 13.4. The first-order valence-corrected chi connectivity index (χ1v) is 7.44. The quantitative estimate of drug-likeness (QED) is 0.391. The van der Waals surface area contributed by atoms with Gasteiger partial charge in [-0.25, -0.2) is 18.0 Å². The van der Waals surface area contributed by atoms with Gasteiger partial charge in [-0.05, 0) is 25.5 Å². The molecule has 1 aliphatic rings. The Bertz CT molecular complexity index is 771. The lowest BCUT2D eigenvalue weighted by Gasteiger charge is -2.14. The molecule has 0 unspecified atom stereocenters. The monoisotopic (exact) mass is 373 g/mol. The fourth-order valence-electron chi connectivity index (χ4n) is 2.09. The number of imide groups is 1. The number of nitrogens with one attached hydrogen (secondary N) is 3. The summed E-state index contributed by atoms with van der Waals surface area (Å²) in [6.07, 6.45) is -1.67. The van der Waals surface area contributed by atoms with Gasteiger partial charge < -0.3 is 15.4 Å². The van der Waals surface area contributed by atoms with Gasteiger partial charge in [0, 0.05) is 6.42 Å². The van der Waals surface area contributed by atoms with Crippen LogP contribution in [0.2, 0.25) is 0 Å². The number of rotatable bonds is 6. The fourth-order valence-corrected chi connectivity index (χ4v) is 2.09. The molecule has 2 rings (SSSR count). The van der Waals surface area contributed by atoms with E-state index in [2.05, 4.69) is 5.32 Å². The van der Waals surface area contributed by atoms with Crippen LogP contribution in [0.4, 0.5) is 23.7 Å². The van der Waals surface area contributed by atoms with E-state index in [0.29, 0.717) is 6.07 Å². The van der Waals surface area contributed by atoms with Crippen molar-refractivity contribution in [1.82, 2.24) is 10.6 Å². The highest BCUT2D eigenvalue weighted by Crippen LogP contribution is 2.20. The Morgan fingerprint density at radius 2 is 1.92 bits per heavy atom. The van der Waals surface area contributed by atoms with Crippen LogP contribution in [-0.2, 0) is 19.1 Å². The van der Waals surface area contributed by atoms with Crippen molar-refractivity contribution in [2.75, 3.05) is 5.32 Å². The molecule has 3 N–H and O–H groups in total. The maximum absolute atomic E-state index is 13.5. The van der Waals surface area contributed by atoms with Gasteiger partial charge in [-0.2, -0.15) is 0 Å². The van der Waals surface area contributed by atoms with Gasteiger partial charge in [-0.1, -0.05) is 0 Å². The molecular formula is C15H14F3N3O5. The summed E-state index contributed by atoms with van der Waals surface area (Å²) in [4.78, 5) is 45.8. The first-order valence-electron chi connectivity index (χ1n) is 7.44. The van der Waals surface area contributed by atoms with Crippen molar-refractivity contribution in [3.8, 4) is 0 Å². The van der Waals surface area contributed by atoms with E-state index in [1.54, 1.807) is 0 Å². The molecule has 0 bridgehead atoms. The van der Waals surface area contributed by atoms with Crippen molar-refractivity contribution in [3.05, 3.63) is 29.6 Å². The number of anilines is 1. The highest BCUT2D eigenvalue weighted by atomic mass is 19.2. The van der Waals surface area contributed by atoms with E-state index >= 15 is 0 Å². The molecule has 1 fully saturated rings. The lowest BCUT2D eigenvalue weighted by molar-refractivity contribution is -0.153. The Labute approximate surface area is 145 Å². The van der Waals surface area contributed by atoms with Crippen LogP contribution < -0.4 is 16.0 Å². The second kappa shape index (κ2) is 7.85. The number of carbonyl (C=O) groups excluding carboxylic acids is 4. The van der Waals surface area contributed by atoms with Gasteiger partial charge in [0.15, 0.2) is 23.6 Å². The zero-order valence-electron chi connectivity index (χ0n) is 13.4. The molecule has 8 nitrogen and oxygen atoms in total. The topological polar surface area (TPSA) is 114 Å². The number of halogens is 3. The van der Waals surface area contributed by atoms with Crippen molar-refractivity contribution < 1.29 is 37.1 Å². The maximum Gasteiger partial charge on any atom is 0.322 e. The van der Waals surface area contributed by atoms with Gasteiger partial charge in [0.2, 0.25) is 0 Å². The minimum Gasteiger partial charge on any atom is -0.453 e. The zero-order chi connectivity index (χ0) is 19.4. The van der Waals surface area contributed by atoms with E-state index in [9.17, 15) is 32.3 Å². The van der Waals surface area contributed by atoms with Crippen LogP contribution in [0, 0.1) is 17.5 Å². The van der Waals surface area contributed by atoms with Crippen molar-refractivity contribution in [2.45, 2.75) is 31.9 Å². The number of benzene rings is 1. The number of carbonyl (C=O) groups is 4. The average Bonchev–Trinajstić information content (AvgIpc) is 2.90. The highest BCUT2D eigenvalue weighted by molar-refractivity contribution is 6.04. The summed E-state index contributed by atoms with van der Waals surface area (Å²) in [7, 11) is 0. The molecule has 2 atom stereocenters. The molecule has 1 saturated heterocycles. The normalized spacial score (nSPS) is 17.3. The molecule has 0 aliphatic carbocycles. The minimum atomic E-state index is -1.75. The molecule has 0 radical (unpaired) electrons. The lowest BCUT2D eigenvalue weighted by Crippen LogP contribution is -2.32. The first-order chi connectivity index (χ1) is 12.2. The van der Waals surface area contributed by atoms with Gasteiger partial charge in [0.25, 0.3) is 11.8 Å². The third-order valence-electron chi connectivity index (χ3n) is 3.47. The van der Waals surface area contributed by atoms with E-state index in [-0.39, 0.29) is 12.8 Å². The van der Waals surface area contributed by atoms with E-state index in [1.807, 2.05) is 10.6 Å². The van der Waals surface area contributed by atoms with E-state index < -0.39 is 59.1 Å². The minimum absolute atomic E-state index is 0.0391. The SMILES string of the molecule is C[C@@H](OC(=O)CC[C@@H]1NC(=O)NC1=O)C(=O)Nc1ccc(F)c(F)c1F. The van der Waals surface area contributed by atoms with Gasteiger partial charge in [0.1, 0.15) is 6.04 Å². The van der Waals surface area contributed by atoms with Crippen molar-refractivity contribution >= 4 is 29.5 Å². The van der Waals surface area contributed by atoms with Gasteiger partial charge >= 0.3 is 12.0 Å². The van der Waals surface area contributed by atoms with Crippen molar-refractivity contribution in [3.63, 3.8) is 0 Å². The molecule has 0 aromatic heterocycles. The summed E-state index contributed by atoms with van der Waals surface area (Å²) in [6.45, 7) is 1.19. The van der Waals surface area contributed by atoms with Crippen LogP contribution in [0.5, 0.6) is 0 Å². The lowest BCUT2D eigenvalue weighted by atomic mass is 10.1. The summed E-state index contributed by atoms with van der Waals surface area (Å²) in [5.41, 5.74) is -0.609. The Hall–Kier alpha value is -3.11. The second-order valence-corrected chi connectivity index (χ2v) is 5.40. The molecule has 1 aromatic carbocycles. The maximum atomic E-state index is 13.5. The highest BCUT2D eigenvalue weighted by Gasteiger charge is 2.30. The Kier molecular flexibility index (Phi) is 5.80. The Balaban J connectivity index is 1.85. The third kappa shape index (κ3) is 4.49. The Morgan fingerprint density at radius 1 is 1.23 bits per heavy atom. The molecule has 0 spiro atoms. The third-order valence-corrected chi connectivity index (χ3v) is 3.47. The van der Waals surface area contributed by atoms with Gasteiger partial charge in [0.05, 0.1) is 5.69 Å². The summed E-state index contributed by atoms with van der Waals surface area (Å²) < 4.78 is 44.3. The Morgan fingerprint density at radius 3 is 2.54 bits per heavy atom. The number of ether oxygens (including phenoxy) is 1. The largest absolute Gasteiger partial charge is 0.453 e. The van der Waals surface area contributed by atoms with Gasteiger partial charge in [-0.15, -0.1) is 0 Å². The van der Waals surface area contributed by atoms with Crippen LogP contribution in [0.1, 0.15) is 19.8 Å². The predicted molar refractivity (Wildman–Crippen MR) is 80.2 cm³/mol. The van der Waals surface area contributed by atoms with E-state index in [1.165, 1.54) is 6.92 Å². The molecular weight excluding hydrogens is 359 g/mol. The van der Waals surface area contributed by atoms with Crippen molar-refractivity contribution in [1.29, 1.82) is 0 Å². The molecule has 11 heteroatoms. The smallest absolute Gasteiger partial charge is 0.322 e. The van der Waals surface area contributed by atoms with Gasteiger partial charge in [-0.3, -0.25) is 19.7 Å². The molecule has 4 amide bonds. The molecule has 1 aromatic rings. The van der Waals surface area contributed by atoms with Crippen LogP contribution in [0.15, 0.2) is 12.1 Å². The van der Waals surface area contributed by atoms with Crippen LogP contribution >= 0.6 is 0 Å². The number of esters is 1. The number of amides is 4. The number of urea groups is 1. The molecule has 1 heterocycles. The standard InChI is InChI=1S/C15H14F3N3O5/c1-6(13(23)19-8-3-2-7(16)11(17)12(8)18)26-10(22)5-4-9-14(24)21-15(25)20-9/h2-3,6,9H,4-5H2,1H3,(H,19,23)(H2,20,21,24,25)/t6-,9+/m1/s1. The summed E-state index contributed by atoms with van der Waals surface area (Å²) in [5.74, 6) is -7.13. The average molecular weight is 373 g/mol. The molecule has 140 valence electrons. The first kappa shape index (κ1) is 19.2.